The lowest BCUT2D eigenvalue weighted by atomic mass is 9.73. The highest BCUT2D eigenvalue weighted by molar-refractivity contribution is 5.18. The summed E-state index contributed by atoms with van der Waals surface area (Å²) < 4.78 is 32.9. The van der Waals surface area contributed by atoms with Gasteiger partial charge in [-0.3, -0.25) is 0 Å². The van der Waals surface area contributed by atoms with Crippen molar-refractivity contribution in [2.24, 2.45) is 11.8 Å². The van der Waals surface area contributed by atoms with Gasteiger partial charge in [0.15, 0.2) is 0 Å². The third-order valence-electron chi connectivity index (χ3n) is 6.35. The summed E-state index contributed by atoms with van der Waals surface area (Å²) in [5.41, 5.74) is -0.0122. The minimum absolute atomic E-state index is 0.0183. The Bertz CT molecular complexity index is 629. The van der Waals surface area contributed by atoms with Crippen LogP contribution in [-0.2, 0) is 20.8 Å². The molecule has 2 heterocycles. The molecule has 1 aromatic rings. The van der Waals surface area contributed by atoms with Crippen molar-refractivity contribution in [3.63, 3.8) is 0 Å². The van der Waals surface area contributed by atoms with E-state index in [1.54, 1.807) is 12.1 Å². The lowest BCUT2D eigenvalue weighted by molar-refractivity contribution is -0.119. The highest BCUT2D eigenvalue weighted by Gasteiger charge is 2.66. The van der Waals surface area contributed by atoms with E-state index < -0.39 is 0 Å². The Hall–Kier alpha value is -0.970. The van der Waals surface area contributed by atoms with Crippen molar-refractivity contribution in [3.05, 3.63) is 35.6 Å². The lowest BCUT2D eigenvalue weighted by Crippen LogP contribution is -2.49. The second-order valence-electron chi connectivity index (χ2n) is 8.59. The van der Waals surface area contributed by atoms with Crippen molar-refractivity contribution in [2.45, 2.75) is 76.5 Å². The Morgan fingerprint density at radius 3 is 2.60 bits per heavy atom. The van der Waals surface area contributed by atoms with Crippen molar-refractivity contribution < 1.29 is 18.6 Å². The first-order valence-electron chi connectivity index (χ1n) is 9.60. The average molecular weight is 348 g/mol. The minimum atomic E-state index is -0.344. The SMILES string of the molecule is CC(C)[C@]12C[C@@H](OCc3ccccc3F)[C@](C)(C[C@H]1OCC1CC1)O2. The Labute approximate surface area is 149 Å². The Kier molecular flexibility index (Phi) is 4.41. The Morgan fingerprint density at radius 1 is 1.16 bits per heavy atom. The summed E-state index contributed by atoms with van der Waals surface area (Å²) in [6.07, 6.45) is 4.41. The van der Waals surface area contributed by atoms with E-state index in [1.807, 2.05) is 6.07 Å². The summed E-state index contributed by atoms with van der Waals surface area (Å²) in [4.78, 5) is 0. The van der Waals surface area contributed by atoms with Gasteiger partial charge >= 0.3 is 0 Å². The van der Waals surface area contributed by atoms with Gasteiger partial charge in [-0.05, 0) is 37.7 Å². The molecule has 1 saturated carbocycles. The molecule has 2 saturated heterocycles. The van der Waals surface area contributed by atoms with Crippen LogP contribution in [0.25, 0.3) is 0 Å². The van der Waals surface area contributed by atoms with Crippen molar-refractivity contribution >= 4 is 0 Å². The smallest absolute Gasteiger partial charge is 0.128 e. The van der Waals surface area contributed by atoms with Crippen molar-refractivity contribution in [1.29, 1.82) is 0 Å². The van der Waals surface area contributed by atoms with Gasteiger partial charge in [-0.15, -0.1) is 0 Å². The third-order valence-corrected chi connectivity index (χ3v) is 6.35. The van der Waals surface area contributed by atoms with Gasteiger partial charge < -0.3 is 14.2 Å². The van der Waals surface area contributed by atoms with Gasteiger partial charge in [0.05, 0.1) is 24.4 Å². The molecule has 4 rings (SSSR count). The maximum atomic E-state index is 13.9. The monoisotopic (exact) mass is 348 g/mol. The number of benzene rings is 1. The van der Waals surface area contributed by atoms with E-state index in [4.69, 9.17) is 14.2 Å². The summed E-state index contributed by atoms with van der Waals surface area (Å²) in [6.45, 7) is 7.69. The zero-order valence-electron chi connectivity index (χ0n) is 15.5. The van der Waals surface area contributed by atoms with E-state index in [1.165, 1.54) is 18.9 Å². The molecule has 2 aliphatic heterocycles. The molecule has 4 heteroatoms. The molecule has 0 aromatic heterocycles. The number of ether oxygens (including phenoxy) is 3. The van der Waals surface area contributed by atoms with E-state index in [0.29, 0.717) is 11.5 Å². The number of hydrogen-bond donors (Lipinski definition) is 0. The number of rotatable bonds is 7. The standard InChI is InChI=1S/C21H29FO3/c1-14(2)21-11-18(24-13-16-6-4-5-7-17(16)22)20(3,25-21)10-19(21)23-12-15-8-9-15/h4-7,14-15,18-19H,8-13H2,1-3H3/t18-,19-,20+,21-/m1/s1. The molecule has 0 spiro atoms. The molecule has 0 radical (unpaired) electrons. The fraction of sp³-hybridized carbons (Fsp3) is 0.714. The fourth-order valence-electron chi connectivity index (χ4n) is 4.46. The van der Waals surface area contributed by atoms with Crippen LogP contribution in [0.15, 0.2) is 24.3 Å². The molecule has 25 heavy (non-hydrogen) atoms. The van der Waals surface area contributed by atoms with Gasteiger partial charge in [-0.2, -0.15) is 0 Å². The summed E-state index contributed by atoms with van der Waals surface area (Å²) in [5.74, 6) is 0.908. The van der Waals surface area contributed by atoms with Crippen molar-refractivity contribution in [3.8, 4) is 0 Å². The normalized spacial score (nSPS) is 37.2. The predicted octanol–water partition coefficient (Wildman–Crippen LogP) is 4.48. The van der Waals surface area contributed by atoms with E-state index in [2.05, 4.69) is 20.8 Å². The molecule has 0 N–H and O–H groups in total. The van der Waals surface area contributed by atoms with E-state index >= 15 is 0 Å². The Balaban J connectivity index is 1.45. The fourth-order valence-corrected chi connectivity index (χ4v) is 4.46. The molecule has 1 aliphatic carbocycles. The first-order chi connectivity index (χ1) is 11.9. The predicted molar refractivity (Wildman–Crippen MR) is 93.7 cm³/mol. The number of halogens is 1. The summed E-state index contributed by atoms with van der Waals surface area (Å²) >= 11 is 0. The zero-order chi connectivity index (χ0) is 17.7. The van der Waals surface area contributed by atoms with Gasteiger partial charge in [0.1, 0.15) is 11.4 Å². The molecule has 3 aliphatic rings. The maximum absolute atomic E-state index is 13.9. The van der Waals surface area contributed by atoms with Gasteiger partial charge in [-0.1, -0.05) is 32.0 Å². The number of fused-ring (bicyclic) bond motifs is 2. The van der Waals surface area contributed by atoms with Crippen LogP contribution in [-0.4, -0.2) is 30.0 Å². The first kappa shape index (κ1) is 17.4. The molecule has 0 amide bonds. The summed E-state index contributed by atoms with van der Waals surface area (Å²) in [7, 11) is 0. The molecule has 3 nitrogen and oxygen atoms in total. The second kappa shape index (κ2) is 6.33. The van der Waals surface area contributed by atoms with Crippen molar-refractivity contribution in [2.75, 3.05) is 6.61 Å². The van der Waals surface area contributed by atoms with Crippen LogP contribution in [0.3, 0.4) is 0 Å². The highest BCUT2D eigenvalue weighted by Crippen LogP contribution is 2.56. The lowest BCUT2D eigenvalue weighted by Gasteiger charge is -2.38. The molecular weight excluding hydrogens is 319 g/mol. The van der Waals surface area contributed by atoms with Crippen LogP contribution < -0.4 is 0 Å². The molecule has 2 bridgehead atoms. The van der Waals surface area contributed by atoms with Gasteiger partial charge in [0.25, 0.3) is 0 Å². The molecular formula is C21H29FO3. The van der Waals surface area contributed by atoms with Crippen LogP contribution in [0, 0.1) is 17.7 Å². The van der Waals surface area contributed by atoms with Crippen LogP contribution in [0.2, 0.25) is 0 Å². The second-order valence-corrected chi connectivity index (χ2v) is 8.59. The van der Waals surface area contributed by atoms with Gasteiger partial charge in [0, 0.05) is 25.0 Å². The number of hydrogen-bond acceptors (Lipinski definition) is 3. The van der Waals surface area contributed by atoms with Crippen LogP contribution >= 0.6 is 0 Å². The van der Waals surface area contributed by atoms with Crippen molar-refractivity contribution in [1.82, 2.24) is 0 Å². The topological polar surface area (TPSA) is 27.7 Å². The molecule has 138 valence electrons. The van der Waals surface area contributed by atoms with Crippen LogP contribution in [0.1, 0.15) is 52.0 Å². The van der Waals surface area contributed by atoms with E-state index in [0.717, 1.165) is 25.4 Å². The maximum Gasteiger partial charge on any atom is 0.128 e. The van der Waals surface area contributed by atoms with Gasteiger partial charge in [0.2, 0.25) is 0 Å². The molecule has 1 aromatic carbocycles. The van der Waals surface area contributed by atoms with E-state index in [-0.39, 0.29) is 35.8 Å². The van der Waals surface area contributed by atoms with Crippen LogP contribution in [0.4, 0.5) is 4.39 Å². The first-order valence-corrected chi connectivity index (χ1v) is 9.60. The highest BCUT2D eigenvalue weighted by atomic mass is 19.1. The van der Waals surface area contributed by atoms with Gasteiger partial charge in [-0.25, -0.2) is 4.39 Å². The Morgan fingerprint density at radius 2 is 1.92 bits per heavy atom. The molecule has 4 atom stereocenters. The van der Waals surface area contributed by atoms with E-state index in [9.17, 15) is 4.39 Å². The quantitative estimate of drug-likeness (QED) is 0.727. The molecule has 0 unspecified atom stereocenters. The molecule has 3 fully saturated rings. The minimum Gasteiger partial charge on any atom is -0.375 e. The zero-order valence-corrected chi connectivity index (χ0v) is 15.5. The summed E-state index contributed by atoms with van der Waals surface area (Å²) in [6, 6.07) is 6.81. The average Bonchev–Trinajstić information content (AvgIpc) is 3.28. The largest absolute Gasteiger partial charge is 0.375 e. The third kappa shape index (κ3) is 3.13. The van der Waals surface area contributed by atoms with Crippen LogP contribution in [0.5, 0.6) is 0 Å². The summed E-state index contributed by atoms with van der Waals surface area (Å²) in [5, 5.41) is 0.